The van der Waals surface area contributed by atoms with Gasteiger partial charge >= 0.3 is 0 Å². The largest absolute Gasteiger partial charge is 0.496 e. The van der Waals surface area contributed by atoms with Crippen molar-refractivity contribution < 1.29 is 17.9 Å². The number of methoxy groups -OCH3 is 1. The van der Waals surface area contributed by atoms with Crippen molar-refractivity contribution in [1.29, 1.82) is 0 Å². The number of ether oxygens (including phenoxy) is 1. The quantitative estimate of drug-likeness (QED) is 0.393. The number of piperidine rings is 1. The molecule has 1 aromatic heterocycles. The molecule has 37 heavy (non-hydrogen) atoms. The van der Waals surface area contributed by atoms with Gasteiger partial charge in [-0.1, -0.05) is 44.2 Å². The van der Waals surface area contributed by atoms with Gasteiger partial charge in [0.25, 0.3) is 10.0 Å². The number of benzene rings is 2. The van der Waals surface area contributed by atoms with Crippen LogP contribution >= 0.6 is 11.3 Å². The van der Waals surface area contributed by atoms with Crippen LogP contribution in [0.4, 0.5) is 0 Å². The number of primary amides is 1. The van der Waals surface area contributed by atoms with E-state index in [1.54, 1.807) is 34.6 Å². The molecule has 0 saturated carbocycles. The highest BCUT2D eigenvalue weighted by molar-refractivity contribution is 7.91. The molecule has 0 atom stereocenters. The number of sulfonamides is 1. The standard InChI is InChI=1S/C28H35N3O4S2/c1-19(2)21-9-7-20(8-10-21)18-30-22-13-15-31(16-14-22)37(33,34)27-12-11-23(36-27)17-25-24(28(29)32)5-4-6-26(25)35-3/h4-12,19,22,30H,13-18H2,1-3H3,(H2,29,32). The lowest BCUT2D eigenvalue weighted by atomic mass is 10.0. The number of carbonyl (C=O) groups is 1. The Kier molecular flexibility index (Phi) is 8.69. The molecule has 198 valence electrons. The fourth-order valence-corrected chi connectivity index (χ4v) is 7.64. The Morgan fingerprint density at radius 1 is 1.11 bits per heavy atom. The molecule has 2 aromatic carbocycles. The van der Waals surface area contributed by atoms with Crippen molar-refractivity contribution in [1.82, 2.24) is 9.62 Å². The number of hydrogen-bond acceptors (Lipinski definition) is 6. The van der Waals surface area contributed by atoms with E-state index in [0.717, 1.165) is 24.3 Å². The Hall–Kier alpha value is -2.72. The lowest BCUT2D eigenvalue weighted by Crippen LogP contribution is -2.44. The van der Waals surface area contributed by atoms with Crippen LogP contribution in [0.15, 0.2) is 58.8 Å². The summed E-state index contributed by atoms with van der Waals surface area (Å²) in [6.45, 7) is 6.12. The van der Waals surface area contributed by atoms with Crippen molar-refractivity contribution in [2.24, 2.45) is 5.73 Å². The van der Waals surface area contributed by atoms with Crippen molar-refractivity contribution in [3.63, 3.8) is 0 Å². The van der Waals surface area contributed by atoms with E-state index in [-0.39, 0.29) is 6.04 Å². The highest BCUT2D eigenvalue weighted by atomic mass is 32.2. The van der Waals surface area contributed by atoms with Crippen LogP contribution in [0.1, 0.15) is 64.5 Å². The van der Waals surface area contributed by atoms with Gasteiger partial charge < -0.3 is 15.8 Å². The van der Waals surface area contributed by atoms with Crippen LogP contribution in [0, 0.1) is 0 Å². The first kappa shape index (κ1) is 27.3. The maximum absolute atomic E-state index is 13.3. The number of nitrogens with zero attached hydrogens (tertiary/aromatic N) is 1. The molecule has 0 bridgehead atoms. The Balaban J connectivity index is 1.36. The molecule has 0 unspecified atom stereocenters. The molecule has 3 aromatic rings. The number of amides is 1. The molecule has 9 heteroatoms. The smallest absolute Gasteiger partial charge is 0.252 e. The summed E-state index contributed by atoms with van der Waals surface area (Å²) in [6.07, 6.45) is 1.90. The van der Waals surface area contributed by atoms with Crippen LogP contribution in [-0.2, 0) is 23.0 Å². The minimum atomic E-state index is -3.58. The molecule has 0 spiro atoms. The second-order valence-electron chi connectivity index (χ2n) is 9.70. The molecule has 1 aliphatic heterocycles. The predicted octanol–water partition coefficient (Wildman–Crippen LogP) is 4.51. The fraction of sp³-hybridized carbons (Fsp3) is 0.393. The molecule has 1 saturated heterocycles. The van der Waals surface area contributed by atoms with Crippen molar-refractivity contribution in [2.45, 2.75) is 55.8 Å². The third kappa shape index (κ3) is 6.41. The van der Waals surface area contributed by atoms with Crippen LogP contribution in [0.25, 0.3) is 0 Å². The maximum Gasteiger partial charge on any atom is 0.252 e. The lowest BCUT2D eigenvalue weighted by Gasteiger charge is -2.31. The summed E-state index contributed by atoms with van der Waals surface area (Å²) in [5.41, 5.74) is 9.15. The molecule has 1 amide bonds. The summed E-state index contributed by atoms with van der Waals surface area (Å²) in [5.74, 6) is 0.531. The van der Waals surface area contributed by atoms with E-state index in [1.165, 1.54) is 29.6 Å². The second-order valence-corrected chi connectivity index (χ2v) is 13.0. The first-order chi connectivity index (χ1) is 17.7. The van der Waals surface area contributed by atoms with E-state index in [4.69, 9.17) is 10.5 Å². The van der Waals surface area contributed by atoms with Gasteiger partial charge in [0.1, 0.15) is 9.96 Å². The van der Waals surface area contributed by atoms with E-state index in [2.05, 4.69) is 43.4 Å². The van der Waals surface area contributed by atoms with Gasteiger partial charge in [0.2, 0.25) is 5.91 Å². The van der Waals surface area contributed by atoms with Gasteiger partial charge in [-0.05, 0) is 54.2 Å². The summed E-state index contributed by atoms with van der Waals surface area (Å²) >= 11 is 1.23. The van der Waals surface area contributed by atoms with E-state index in [9.17, 15) is 13.2 Å². The highest BCUT2D eigenvalue weighted by Gasteiger charge is 2.30. The number of nitrogens with two attached hydrogens (primary N) is 1. The predicted molar refractivity (Wildman–Crippen MR) is 148 cm³/mol. The Labute approximate surface area is 223 Å². The summed E-state index contributed by atoms with van der Waals surface area (Å²) in [6, 6.07) is 17.6. The van der Waals surface area contributed by atoms with Crippen LogP contribution in [0.3, 0.4) is 0 Å². The van der Waals surface area contributed by atoms with Gasteiger partial charge in [-0.2, -0.15) is 4.31 Å². The Morgan fingerprint density at radius 2 is 1.81 bits per heavy atom. The number of rotatable bonds is 10. The first-order valence-electron chi connectivity index (χ1n) is 12.6. The average molecular weight is 542 g/mol. The molecule has 1 aliphatic rings. The summed E-state index contributed by atoms with van der Waals surface area (Å²) in [4.78, 5) is 12.7. The topological polar surface area (TPSA) is 102 Å². The van der Waals surface area contributed by atoms with Gasteiger partial charge in [-0.25, -0.2) is 8.42 Å². The Morgan fingerprint density at radius 3 is 2.43 bits per heavy atom. The van der Waals surface area contributed by atoms with Crippen molar-refractivity contribution in [3.05, 3.63) is 81.7 Å². The summed E-state index contributed by atoms with van der Waals surface area (Å²) in [5, 5.41) is 3.59. The molecule has 4 rings (SSSR count). The van der Waals surface area contributed by atoms with Gasteiger partial charge in [0.05, 0.1) is 7.11 Å². The molecule has 7 nitrogen and oxygen atoms in total. The Bertz CT molecular complexity index is 1330. The fourth-order valence-electron chi connectivity index (χ4n) is 4.65. The number of hydrogen-bond donors (Lipinski definition) is 2. The van der Waals surface area contributed by atoms with Crippen LogP contribution < -0.4 is 15.8 Å². The zero-order valence-electron chi connectivity index (χ0n) is 21.6. The third-order valence-corrected chi connectivity index (χ3v) is 10.3. The van der Waals surface area contributed by atoms with Crippen LogP contribution in [-0.4, -0.2) is 44.9 Å². The van der Waals surface area contributed by atoms with E-state index in [0.29, 0.717) is 46.5 Å². The monoisotopic (exact) mass is 541 g/mol. The number of nitrogens with one attached hydrogen (secondary N) is 1. The van der Waals surface area contributed by atoms with Gasteiger partial charge in [-0.3, -0.25) is 4.79 Å². The average Bonchev–Trinajstić information content (AvgIpc) is 3.37. The number of carbonyl (C=O) groups excluding carboxylic acids is 1. The van der Waals surface area contributed by atoms with Crippen molar-refractivity contribution in [3.8, 4) is 5.75 Å². The summed E-state index contributed by atoms with van der Waals surface area (Å²) < 4.78 is 34.0. The molecule has 2 heterocycles. The van der Waals surface area contributed by atoms with Crippen molar-refractivity contribution in [2.75, 3.05) is 20.2 Å². The summed E-state index contributed by atoms with van der Waals surface area (Å²) in [7, 11) is -2.04. The van der Waals surface area contributed by atoms with E-state index >= 15 is 0 Å². The minimum Gasteiger partial charge on any atom is -0.496 e. The van der Waals surface area contributed by atoms with Crippen LogP contribution in [0.5, 0.6) is 5.75 Å². The highest BCUT2D eigenvalue weighted by Crippen LogP contribution is 2.32. The maximum atomic E-state index is 13.3. The molecular weight excluding hydrogens is 506 g/mol. The van der Waals surface area contributed by atoms with E-state index in [1.807, 2.05) is 0 Å². The normalized spacial score (nSPS) is 15.2. The third-order valence-electron chi connectivity index (χ3n) is 6.90. The second kappa shape index (κ2) is 11.8. The van der Waals surface area contributed by atoms with Gasteiger partial charge in [0, 0.05) is 48.1 Å². The first-order valence-corrected chi connectivity index (χ1v) is 14.8. The molecule has 0 aliphatic carbocycles. The zero-order chi connectivity index (χ0) is 26.6. The molecular formula is C28H35N3O4S2. The van der Waals surface area contributed by atoms with Gasteiger partial charge in [-0.15, -0.1) is 11.3 Å². The SMILES string of the molecule is COc1cccc(C(N)=O)c1Cc1ccc(S(=O)(=O)N2CCC(NCc3ccc(C(C)C)cc3)CC2)s1. The van der Waals surface area contributed by atoms with Crippen molar-refractivity contribution >= 4 is 27.3 Å². The van der Waals surface area contributed by atoms with E-state index < -0.39 is 15.9 Å². The zero-order valence-corrected chi connectivity index (χ0v) is 23.2. The lowest BCUT2D eigenvalue weighted by molar-refractivity contribution is 0.0999. The molecule has 1 fully saturated rings. The minimum absolute atomic E-state index is 0.285. The molecule has 3 N–H and O–H groups in total. The van der Waals surface area contributed by atoms with Gasteiger partial charge in [0.15, 0.2) is 0 Å². The molecule has 0 radical (unpaired) electrons. The van der Waals surface area contributed by atoms with Crippen LogP contribution in [0.2, 0.25) is 0 Å². The number of thiophene rings is 1.